The van der Waals surface area contributed by atoms with Crippen LogP contribution in [0.4, 0.5) is 0 Å². The predicted molar refractivity (Wildman–Crippen MR) is 108 cm³/mol. The average Bonchev–Trinajstić information content (AvgIpc) is 3.11. The molecule has 2 aromatic carbocycles. The van der Waals surface area contributed by atoms with Crippen molar-refractivity contribution in [3.63, 3.8) is 0 Å². The number of benzene rings is 2. The standard InChI is InChI=1S/C20H22BrN5O/c1-13(18-23-24-25-26(18)17-7-5-6-16(21)12-17)22-19(27)14-8-10-15(11-9-14)20(2,3)4/h5-13H,1-4H3,(H,22,27). The highest BCUT2D eigenvalue weighted by Gasteiger charge is 2.19. The first-order valence-corrected chi connectivity index (χ1v) is 9.50. The van der Waals surface area contributed by atoms with Crippen LogP contribution in [0.15, 0.2) is 53.0 Å². The van der Waals surface area contributed by atoms with Gasteiger partial charge in [-0.1, -0.05) is 54.9 Å². The number of rotatable bonds is 4. The summed E-state index contributed by atoms with van der Waals surface area (Å²) in [5.74, 6) is 0.402. The molecule has 0 aliphatic heterocycles. The third-order valence-corrected chi connectivity index (χ3v) is 4.79. The van der Waals surface area contributed by atoms with Gasteiger partial charge in [-0.15, -0.1) is 5.10 Å². The minimum Gasteiger partial charge on any atom is -0.342 e. The van der Waals surface area contributed by atoms with E-state index in [0.717, 1.165) is 10.2 Å². The van der Waals surface area contributed by atoms with Crippen LogP contribution in [-0.4, -0.2) is 26.1 Å². The Morgan fingerprint density at radius 1 is 1.15 bits per heavy atom. The summed E-state index contributed by atoms with van der Waals surface area (Å²) in [4.78, 5) is 12.6. The quantitative estimate of drug-likeness (QED) is 0.676. The Balaban J connectivity index is 1.77. The fraction of sp³-hybridized carbons (Fsp3) is 0.300. The van der Waals surface area contributed by atoms with Crippen LogP contribution in [-0.2, 0) is 5.41 Å². The minimum absolute atomic E-state index is 0.0499. The fourth-order valence-electron chi connectivity index (χ4n) is 2.72. The molecule has 140 valence electrons. The molecular weight excluding hydrogens is 406 g/mol. The third-order valence-electron chi connectivity index (χ3n) is 4.29. The normalized spacial score (nSPS) is 12.6. The van der Waals surface area contributed by atoms with E-state index >= 15 is 0 Å². The zero-order chi connectivity index (χ0) is 19.6. The molecule has 1 atom stereocenters. The second-order valence-electron chi connectivity index (χ2n) is 7.45. The van der Waals surface area contributed by atoms with E-state index in [-0.39, 0.29) is 17.4 Å². The lowest BCUT2D eigenvalue weighted by molar-refractivity contribution is 0.0938. The van der Waals surface area contributed by atoms with Gasteiger partial charge in [0, 0.05) is 10.0 Å². The largest absolute Gasteiger partial charge is 0.342 e. The number of nitrogens with zero attached hydrogens (tertiary/aromatic N) is 4. The van der Waals surface area contributed by atoms with Crippen molar-refractivity contribution in [3.8, 4) is 5.69 Å². The number of halogens is 1. The number of hydrogen-bond donors (Lipinski definition) is 1. The van der Waals surface area contributed by atoms with Gasteiger partial charge in [0.1, 0.15) is 0 Å². The Bertz CT molecular complexity index is 944. The number of nitrogens with one attached hydrogen (secondary N) is 1. The molecule has 3 rings (SSSR count). The van der Waals surface area contributed by atoms with Gasteiger partial charge in [-0.3, -0.25) is 4.79 Å². The van der Waals surface area contributed by atoms with Crippen molar-refractivity contribution >= 4 is 21.8 Å². The Morgan fingerprint density at radius 3 is 2.48 bits per heavy atom. The van der Waals surface area contributed by atoms with Crippen LogP contribution in [0, 0.1) is 0 Å². The van der Waals surface area contributed by atoms with Crippen molar-refractivity contribution in [2.75, 3.05) is 0 Å². The molecule has 1 N–H and O–H groups in total. The number of aromatic nitrogens is 4. The molecule has 0 radical (unpaired) electrons. The van der Waals surface area contributed by atoms with Crippen LogP contribution in [0.1, 0.15) is 55.5 Å². The van der Waals surface area contributed by atoms with Gasteiger partial charge in [-0.2, -0.15) is 4.68 Å². The van der Waals surface area contributed by atoms with E-state index in [1.54, 1.807) is 4.68 Å². The van der Waals surface area contributed by atoms with Crippen LogP contribution in [0.2, 0.25) is 0 Å². The van der Waals surface area contributed by atoms with E-state index < -0.39 is 0 Å². The molecule has 6 nitrogen and oxygen atoms in total. The Kier molecular flexibility index (Phi) is 5.41. The summed E-state index contributed by atoms with van der Waals surface area (Å²) in [5.41, 5.74) is 2.66. The third kappa shape index (κ3) is 4.42. The number of amides is 1. The maximum absolute atomic E-state index is 12.6. The van der Waals surface area contributed by atoms with Crippen molar-refractivity contribution < 1.29 is 4.79 Å². The number of carbonyl (C=O) groups is 1. The summed E-state index contributed by atoms with van der Waals surface area (Å²) >= 11 is 3.45. The van der Waals surface area contributed by atoms with E-state index in [9.17, 15) is 4.79 Å². The maximum Gasteiger partial charge on any atom is 0.251 e. The molecule has 3 aromatic rings. The Morgan fingerprint density at radius 2 is 1.85 bits per heavy atom. The van der Waals surface area contributed by atoms with Crippen LogP contribution >= 0.6 is 15.9 Å². The molecule has 1 unspecified atom stereocenters. The number of carbonyl (C=O) groups excluding carboxylic acids is 1. The molecule has 0 bridgehead atoms. The van der Waals surface area contributed by atoms with Crippen LogP contribution in [0.5, 0.6) is 0 Å². The van der Waals surface area contributed by atoms with Crippen LogP contribution in [0.25, 0.3) is 5.69 Å². The van der Waals surface area contributed by atoms with E-state index in [1.165, 1.54) is 5.56 Å². The lowest BCUT2D eigenvalue weighted by Crippen LogP contribution is -2.28. The minimum atomic E-state index is -0.353. The Hall–Kier alpha value is -2.54. The van der Waals surface area contributed by atoms with Gasteiger partial charge in [-0.05, 0) is 58.7 Å². The smallest absolute Gasteiger partial charge is 0.251 e. The summed E-state index contributed by atoms with van der Waals surface area (Å²) < 4.78 is 2.55. The second kappa shape index (κ2) is 7.60. The zero-order valence-electron chi connectivity index (χ0n) is 15.8. The molecule has 1 amide bonds. The molecule has 0 aliphatic rings. The van der Waals surface area contributed by atoms with Gasteiger partial charge in [0.05, 0.1) is 11.7 Å². The van der Waals surface area contributed by atoms with Gasteiger partial charge in [-0.25, -0.2) is 0 Å². The first kappa shape index (κ1) is 19.2. The Labute approximate surface area is 167 Å². The van der Waals surface area contributed by atoms with Gasteiger partial charge < -0.3 is 5.32 Å². The van der Waals surface area contributed by atoms with Crippen molar-refractivity contribution in [1.82, 2.24) is 25.5 Å². The van der Waals surface area contributed by atoms with Crippen LogP contribution in [0.3, 0.4) is 0 Å². The van der Waals surface area contributed by atoms with Gasteiger partial charge >= 0.3 is 0 Å². The van der Waals surface area contributed by atoms with Crippen molar-refractivity contribution in [2.24, 2.45) is 0 Å². The topological polar surface area (TPSA) is 72.7 Å². The average molecular weight is 428 g/mol. The highest BCUT2D eigenvalue weighted by atomic mass is 79.9. The number of hydrogen-bond acceptors (Lipinski definition) is 4. The molecule has 1 heterocycles. The molecule has 0 spiro atoms. The summed E-state index contributed by atoms with van der Waals surface area (Å²) in [6, 6.07) is 15.0. The molecule has 0 saturated heterocycles. The zero-order valence-corrected chi connectivity index (χ0v) is 17.4. The van der Waals surface area contributed by atoms with E-state index in [1.807, 2.05) is 55.5 Å². The van der Waals surface area contributed by atoms with E-state index in [0.29, 0.717) is 11.4 Å². The van der Waals surface area contributed by atoms with E-state index in [4.69, 9.17) is 0 Å². The first-order valence-electron chi connectivity index (χ1n) is 8.71. The molecular formula is C20H22BrN5O. The van der Waals surface area contributed by atoms with Gasteiger partial charge in [0.2, 0.25) is 0 Å². The second-order valence-corrected chi connectivity index (χ2v) is 8.37. The molecule has 0 fully saturated rings. The predicted octanol–water partition coefficient (Wildman–Crippen LogP) is 4.21. The molecule has 0 saturated carbocycles. The SMILES string of the molecule is CC(NC(=O)c1ccc(C(C)(C)C)cc1)c1nnnn1-c1cccc(Br)c1. The summed E-state index contributed by atoms with van der Waals surface area (Å²) in [7, 11) is 0. The highest BCUT2D eigenvalue weighted by molar-refractivity contribution is 9.10. The molecule has 27 heavy (non-hydrogen) atoms. The van der Waals surface area contributed by atoms with Crippen LogP contribution < -0.4 is 5.32 Å². The lowest BCUT2D eigenvalue weighted by atomic mass is 9.86. The van der Waals surface area contributed by atoms with E-state index in [2.05, 4.69) is 57.5 Å². The highest BCUT2D eigenvalue weighted by Crippen LogP contribution is 2.23. The monoisotopic (exact) mass is 427 g/mol. The van der Waals surface area contributed by atoms with Crippen molar-refractivity contribution in [3.05, 3.63) is 70.0 Å². The molecule has 7 heteroatoms. The van der Waals surface area contributed by atoms with Crippen molar-refractivity contribution in [2.45, 2.75) is 39.2 Å². The summed E-state index contributed by atoms with van der Waals surface area (Å²) in [6.07, 6.45) is 0. The summed E-state index contributed by atoms with van der Waals surface area (Å²) in [5, 5.41) is 14.9. The molecule has 0 aliphatic carbocycles. The number of tetrazole rings is 1. The maximum atomic E-state index is 12.6. The molecule has 1 aromatic heterocycles. The van der Waals surface area contributed by atoms with Gasteiger partial charge in [0.25, 0.3) is 5.91 Å². The first-order chi connectivity index (χ1) is 12.8. The lowest BCUT2D eigenvalue weighted by Gasteiger charge is -2.19. The fourth-order valence-corrected chi connectivity index (χ4v) is 3.11. The summed E-state index contributed by atoms with van der Waals surface area (Å²) in [6.45, 7) is 8.30. The van der Waals surface area contributed by atoms with Crippen molar-refractivity contribution in [1.29, 1.82) is 0 Å². The van der Waals surface area contributed by atoms with Gasteiger partial charge in [0.15, 0.2) is 5.82 Å².